The molecule has 1 aliphatic rings. The van der Waals surface area contributed by atoms with Crippen LogP contribution in [0.1, 0.15) is 119 Å². The molecule has 0 amide bonds. The molecule has 0 saturated carbocycles. The fraction of sp³-hybridized carbons (Fsp3) is 0.230. The van der Waals surface area contributed by atoms with Crippen LogP contribution in [0.2, 0.25) is 0 Å². The summed E-state index contributed by atoms with van der Waals surface area (Å²) in [6, 6.07) is 78.7. The molecule has 0 bridgehead atoms. The number of rotatable bonds is 23. The first-order valence-corrected chi connectivity index (χ1v) is 35.6. The third kappa shape index (κ3) is 17.6. The van der Waals surface area contributed by atoms with Crippen LogP contribution >= 0.6 is 0 Å². The largest absolute Gasteiger partial charge is 0.423 e. The highest BCUT2D eigenvalue weighted by atomic mass is 16.5. The van der Waals surface area contributed by atoms with Gasteiger partial charge in [0.2, 0.25) is 0 Å². The second kappa shape index (κ2) is 33.5. The number of benzene rings is 12. The van der Waals surface area contributed by atoms with Crippen molar-refractivity contribution in [3.8, 4) is 5.75 Å². The van der Waals surface area contributed by atoms with Crippen LogP contribution in [0.4, 0.5) is 79.6 Å². The Balaban J connectivity index is 0.000000205. The topological polar surface area (TPSA) is 181 Å². The Labute approximate surface area is 603 Å². The third-order valence-electron chi connectivity index (χ3n) is 18.9. The zero-order chi connectivity index (χ0) is 71.7. The van der Waals surface area contributed by atoms with Gasteiger partial charge >= 0.3 is 5.97 Å². The fourth-order valence-electron chi connectivity index (χ4n) is 12.8. The van der Waals surface area contributed by atoms with Crippen LogP contribution in [0.3, 0.4) is 0 Å². The number of ether oxygens (including phenoxy) is 1. The first-order valence-electron chi connectivity index (χ1n) is 35.6. The number of carbonyl (C=O) groups is 1. The van der Waals surface area contributed by atoms with E-state index in [9.17, 15) is 4.79 Å². The number of hydrogen-bond acceptors (Lipinski definition) is 16. The number of esters is 1. The molecule has 0 fully saturated rings. The highest BCUT2D eigenvalue weighted by molar-refractivity contribution is 6.02. The van der Waals surface area contributed by atoms with Gasteiger partial charge in [-0.25, -0.2) is 4.79 Å². The van der Waals surface area contributed by atoms with Crippen LogP contribution < -0.4 is 14.5 Å². The first kappa shape index (κ1) is 70.9. The normalized spacial score (nSPS) is 13.7. The summed E-state index contributed by atoms with van der Waals surface area (Å²) < 4.78 is 5.60. The molecule has 0 N–H and O–H groups in total. The average molecular weight is 1360 g/mol. The summed E-state index contributed by atoms with van der Waals surface area (Å²) in [6.45, 7) is 19.6. The molecule has 1 heterocycles. The Morgan fingerprint density at radius 2 is 0.757 bits per heavy atom. The second-order valence-corrected chi connectivity index (χ2v) is 26.5. The number of nitrogens with zero attached hydrogens (tertiary/aromatic N) is 14. The fourth-order valence-corrected chi connectivity index (χ4v) is 12.8. The lowest BCUT2D eigenvalue weighted by Crippen LogP contribution is -2.45. The quantitative estimate of drug-likeness (QED) is 0.0351. The van der Waals surface area contributed by atoms with Crippen molar-refractivity contribution >= 4 is 118 Å². The number of carbonyl (C=O) groups excluding carboxylic acids is 1. The summed E-state index contributed by atoms with van der Waals surface area (Å²) in [6.07, 6.45) is 7.86. The van der Waals surface area contributed by atoms with E-state index in [0.717, 1.165) is 134 Å². The van der Waals surface area contributed by atoms with E-state index < -0.39 is 5.97 Å². The van der Waals surface area contributed by atoms with E-state index in [1.807, 2.05) is 182 Å². The number of aryl methyl sites for hydroxylation is 3. The van der Waals surface area contributed by atoms with Crippen molar-refractivity contribution in [2.24, 2.45) is 61.4 Å². The number of fused-ring (bicyclic) bond motifs is 4. The lowest BCUT2D eigenvalue weighted by atomic mass is 9.80. The van der Waals surface area contributed by atoms with Gasteiger partial charge in [-0.2, -0.15) is 30.7 Å². The summed E-state index contributed by atoms with van der Waals surface area (Å²) in [5.41, 5.74) is 17.1. The summed E-state index contributed by atoms with van der Waals surface area (Å²) in [7, 11) is 2.18. The average Bonchev–Trinajstić information content (AvgIpc) is 0.765. The van der Waals surface area contributed by atoms with Crippen LogP contribution in [0.5, 0.6) is 5.75 Å². The van der Waals surface area contributed by atoms with Crippen molar-refractivity contribution in [2.45, 2.75) is 112 Å². The van der Waals surface area contributed by atoms with E-state index in [0.29, 0.717) is 34.3 Å². The highest BCUT2D eigenvalue weighted by Gasteiger charge is 2.34. The number of azo groups is 6. The van der Waals surface area contributed by atoms with Crippen LogP contribution in [0.15, 0.2) is 304 Å². The Hall–Kier alpha value is -11.9. The van der Waals surface area contributed by atoms with Crippen LogP contribution in [-0.4, -0.2) is 31.6 Å². The van der Waals surface area contributed by atoms with E-state index in [-0.39, 0.29) is 5.54 Å². The van der Waals surface area contributed by atoms with Gasteiger partial charge in [-0.1, -0.05) is 131 Å². The molecule has 0 saturated heterocycles. The number of anilines is 2. The summed E-state index contributed by atoms with van der Waals surface area (Å²) >= 11 is 0. The summed E-state index contributed by atoms with van der Waals surface area (Å²) in [4.78, 5) is 17.5. The molecular formula is C87H86N14O2. The molecular weight excluding hydrogens is 1270 g/mol. The van der Waals surface area contributed by atoms with Gasteiger partial charge in [0.25, 0.3) is 0 Å². The minimum atomic E-state index is -0.423. The molecule has 16 nitrogen and oxygen atoms in total. The van der Waals surface area contributed by atoms with Crippen molar-refractivity contribution in [3.05, 3.63) is 270 Å². The van der Waals surface area contributed by atoms with Gasteiger partial charge in [0.1, 0.15) is 5.75 Å². The molecule has 0 spiro atoms. The second-order valence-electron chi connectivity index (χ2n) is 26.5. The van der Waals surface area contributed by atoms with E-state index in [1.54, 1.807) is 24.3 Å². The van der Waals surface area contributed by atoms with Crippen molar-refractivity contribution in [3.63, 3.8) is 0 Å². The van der Waals surface area contributed by atoms with Gasteiger partial charge < -0.3 is 14.5 Å². The molecule has 1 atom stereocenters. The Bertz CT molecular complexity index is 5120. The lowest BCUT2D eigenvalue weighted by molar-refractivity contribution is 0.0734. The lowest BCUT2D eigenvalue weighted by Gasteiger charge is -2.45. The maximum atomic E-state index is 12.8. The van der Waals surface area contributed by atoms with Gasteiger partial charge in [0, 0.05) is 69.4 Å². The molecule has 16 heteroatoms. The standard InChI is InChI=1S/C51H49N7O2.C36H37N7/c1-7-8-13-35-18-24-38(25-19-35)60-50(59)36-20-22-37(23-21-36)52-53-44-26-27-45(40-15-10-9-14-39(40)44)54-55-46-28-29-47(42-17-12-11-16-41(42)46)56-57-48-31-43-34(3)32-51(4,5)58(6)49(43)30-33(48)2;1-4-7-10-27-13-15-28(16-14-27)37-38-29-17-19-30(20-18-29)39-41-35-25-26-36(34-12-9-8-11-33(34)35)42-40-31-21-23-32(24-22-31)43(5-2)6-3/h9-12,14-31,34H,7-8,13,32H2,1-6H3;8-9,11-26H,4-7,10H2,1-3H3. The molecule has 516 valence electrons. The van der Waals surface area contributed by atoms with E-state index in [2.05, 4.69) is 150 Å². The number of hydrogen-bond donors (Lipinski definition) is 0. The molecule has 103 heavy (non-hydrogen) atoms. The van der Waals surface area contributed by atoms with Crippen molar-refractivity contribution in [1.82, 2.24) is 0 Å². The molecule has 0 aromatic heterocycles. The molecule has 0 radical (unpaired) electrons. The maximum Gasteiger partial charge on any atom is 0.343 e. The van der Waals surface area contributed by atoms with Crippen LogP contribution in [-0.2, 0) is 12.8 Å². The minimum Gasteiger partial charge on any atom is -0.423 e. The van der Waals surface area contributed by atoms with Gasteiger partial charge in [-0.3, -0.25) is 0 Å². The van der Waals surface area contributed by atoms with Crippen molar-refractivity contribution in [2.75, 3.05) is 29.9 Å². The molecule has 1 unspecified atom stereocenters. The molecule has 12 aromatic rings. The van der Waals surface area contributed by atoms with Crippen molar-refractivity contribution in [1.29, 1.82) is 0 Å². The maximum absolute atomic E-state index is 12.8. The molecule has 1 aliphatic heterocycles. The zero-order valence-corrected chi connectivity index (χ0v) is 60.1. The Morgan fingerprint density at radius 1 is 0.427 bits per heavy atom. The first-order chi connectivity index (χ1) is 50.2. The predicted molar refractivity (Wildman–Crippen MR) is 422 cm³/mol. The summed E-state index contributed by atoms with van der Waals surface area (Å²) in [5, 5.41) is 60.5. The van der Waals surface area contributed by atoms with E-state index in [4.69, 9.17) is 25.2 Å². The summed E-state index contributed by atoms with van der Waals surface area (Å²) in [5.74, 6) is 0.526. The SMILES string of the molecule is CCCCc1ccc(N=Nc2ccc(N=Nc3ccc(N=Nc4ccc(N(CC)CC)cc4)c4ccccc34)cc2)cc1.CCCCc1ccc(OC(=O)c2ccc(N=Nc3ccc(N=Nc4ccc(N=Nc5cc6c(cc5C)N(C)C(C)(C)CC6C)c5ccccc45)c4ccccc34)cc2)cc1. The van der Waals surface area contributed by atoms with Crippen molar-refractivity contribution < 1.29 is 9.53 Å². The Morgan fingerprint density at radius 3 is 1.14 bits per heavy atom. The monoisotopic (exact) mass is 1360 g/mol. The predicted octanol–water partition coefficient (Wildman–Crippen LogP) is 28.1. The van der Waals surface area contributed by atoms with Gasteiger partial charge in [0.15, 0.2) is 0 Å². The minimum absolute atomic E-state index is 0.0980. The molecule has 13 rings (SSSR count). The molecule has 0 aliphatic carbocycles. The number of unbranched alkanes of at least 4 members (excludes halogenated alkanes) is 2. The van der Waals surface area contributed by atoms with Gasteiger partial charge in [-0.15, -0.1) is 30.7 Å². The molecule has 12 aromatic carbocycles. The van der Waals surface area contributed by atoms with E-state index >= 15 is 0 Å². The Kier molecular flexibility index (Phi) is 23.1. The highest BCUT2D eigenvalue weighted by Crippen LogP contribution is 2.46. The zero-order valence-electron chi connectivity index (χ0n) is 60.1. The van der Waals surface area contributed by atoms with Crippen LogP contribution in [0.25, 0.3) is 32.3 Å². The van der Waals surface area contributed by atoms with E-state index in [1.165, 1.54) is 40.9 Å². The van der Waals surface area contributed by atoms with Gasteiger partial charge in [0.05, 0.1) is 73.8 Å². The third-order valence-corrected chi connectivity index (χ3v) is 18.9. The van der Waals surface area contributed by atoms with Crippen LogP contribution in [0, 0.1) is 6.92 Å². The smallest absolute Gasteiger partial charge is 0.343 e. The van der Waals surface area contributed by atoms with Gasteiger partial charge in [-0.05, 0) is 240 Å².